The minimum absolute atomic E-state index is 0.0704. The third-order valence-corrected chi connectivity index (χ3v) is 4.11. The van der Waals surface area contributed by atoms with Gasteiger partial charge >= 0.3 is 5.97 Å². The first kappa shape index (κ1) is 15.0. The van der Waals surface area contributed by atoms with Gasteiger partial charge in [0.2, 0.25) is 0 Å². The minimum Gasteiger partial charge on any atom is -0.457 e. The van der Waals surface area contributed by atoms with Crippen LogP contribution in [0.4, 0.5) is 0 Å². The summed E-state index contributed by atoms with van der Waals surface area (Å²) in [5, 5.41) is 0. The number of ether oxygens (including phenoxy) is 1. The van der Waals surface area contributed by atoms with Crippen LogP contribution in [-0.4, -0.2) is 12.5 Å². The summed E-state index contributed by atoms with van der Waals surface area (Å²) in [5.74, 6) is -0.264. The lowest BCUT2D eigenvalue weighted by Crippen LogP contribution is -2.26. The fourth-order valence-electron chi connectivity index (χ4n) is 2.85. The van der Waals surface area contributed by atoms with Gasteiger partial charge in [-0.2, -0.15) is 0 Å². The molecule has 2 atom stereocenters. The Hall–Kier alpha value is -1.35. The number of fused-ring (bicyclic) bond motifs is 1. The highest BCUT2D eigenvalue weighted by atomic mass is 16.5. The Morgan fingerprint density at radius 3 is 2.95 bits per heavy atom. The van der Waals surface area contributed by atoms with Crippen LogP contribution in [0.2, 0.25) is 0 Å². The van der Waals surface area contributed by atoms with Gasteiger partial charge in [0.1, 0.15) is 6.10 Å². The molecule has 0 spiro atoms. The lowest BCUT2D eigenvalue weighted by molar-refractivity contribution is -0.154. The first-order chi connectivity index (χ1) is 9.76. The van der Waals surface area contributed by atoms with Crippen LogP contribution in [0.5, 0.6) is 0 Å². The van der Waals surface area contributed by atoms with Gasteiger partial charge in [0, 0.05) is 6.54 Å². The molecule has 0 heterocycles. The number of benzene rings is 1. The molecule has 0 aliphatic heterocycles. The van der Waals surface area contributed by atoms with E-state index in [0.29, 0.717) is 6.54 Å². The second kappa shape index (κ2) is 7.44. The second-order valence-electron chi connectivity index (χ2n) is 5.59. The highest BCUT2D eigenvalue weighted by molar-refractivity contribution is 5.73. The molecule has 1 aromatic carbocycles. The van der Waals surface area contributed by atoms with Gasteiger partial charge in [0.15, 0.2) is 0 Å². The van der Waals surface area contributed by atoms with Crippen molar-refractivity contribution in [3.63, 3.8) is 0 Å². The molecule has 1 aliphatic rings. The highest BCUT2D eigenvalue weighted by Gasteiger charge is 2.28. The molecule has 3 heteroatoms. The average Bonchev–Trinajstić information content (AvgIpc) is 2.87. The Morgan fingerprint density at radius 2 is 2.20 bits per heavy atom. The number of esters is 1. The van der Waals surface area contributed by atoms with Gasteiger partial charge in [-0.15, -0.1) is 0 Å². The van der Waals surface area contributed by atoms with Crippen molar-refractivity contribution in [2.75, 3.05) is 6.54 Å². The monoisotopic (exact) mass is 275 g/mol. The Kier molecular flexibility index (Phi) is 5.60. The first-order valence-corrected chi connectivity index (χ1v) is 7.74. The fourth-order valence-corrected chi connectivity index (χ4v) is 2.85. The molecule has 2 unspecified atom stereocenters. The van der Waals surface area contributed by atoms with Crippen molar-refractivity contribution >= 4 is 5.97 Å². The van der Waals surface area contributed by atoms with E-state index in [1.54, 1.807) is 0 Å². The molecule has 0 fully saturated rings. The van der Waals surface area contributed by atoms with Crippen LogP contribution >= 0.6 is 0 Å². The molecule has 20 heavy (non-hydrogen) atoms. The molecule has 1 aliphatic carbocycles. The zero-order chi connectivity index (χ0) is 14.4. The number of carbonyl (C=O) groups excluding carboxylic acids is 1. The van der Waals surface area contributed by atoms with Crippen LogP contribution in [0.25, 0.3) is 0 Å². The number of hydrogen-bond acceptors (Lipinski definition) is 3. The van der Waals surface area contributed by atoms with Crippen LogP contribution in [0, 0.1) is 5.92 Å². The predicted octanol–water partition coefficient (Wildman–Crippen LogP) is 3.37. The maximum absolute atomic E-state index is 12.2. The van der Waals surface area contributed by atoms with Crippen molar-refractivity contribution in [1.82, 2.24) is 0 Å². The van der Waals surface area contributed by atoms with Crippen molar-refractivity contribution in [2.45, 2.75) is 51.6 Å². The molecule has 0 saturated carbocycles. The minimum atomic E-state index is -0.144. The van der Waals surface area contributed by atoms with Gasteiger partial charge in [-0.3, -0.25) is 4.79 Å². The molecular formula is C17H25NO2. The van der Waals surface area contributed by atoms with E-state index in [-0.39, 0.29) is 18.0 Å². The third kappa shape index (κ3) is 3.60. The summed E-state index contributed by atoms with van der Waals surface area (Å²) in [6.45, 7) is 2.54. The quantitative estimate of drug-likeness (QED) is 0.613. The van der Waals surface area contributed by atoms with Crippen molar-refractivity contribution < 1.29 is 9.53 Å². The number of nitrogens with two attached hydrogens (primary N) is 1. The third-order valence-electron chi connectivity index (χ3n) is 4.11. The largest absolute Gasteiger partial charge is 0.457 e. The predicted molar refractivity (Wildman–Crippen MR) is 80.3 cm³/mol. The van der Waals surface area contributed by atoms with E-state index in [1.165, 1.54) is 11.1 Å². The van der Waals surface area contributed by atoms with Crippen LogP contribution in [0.1, 0.15) is 56.3 Å². The Bertz CT molecular complexity index is 444. The molecule has 0 aromatic heterocycles. The highest BCUT2D eigenvalue weighted by Crippen LogP contribution is 2.34. The van der Waals surface area contributed by atoms with Crippen LogP contribution in [0.15, 0.2) is 24.3 Å². The molecule has 0 bridgehead atoms. The summed E-state index contributed by atoms with van der Waals surface area (Å²) >= 11 is 0. The van der Waals surface area contributed by atoms with Crippen molar-refractivity contribution in [2.24, 2.45) is 11.7 Å². The number of hydrogen-bond donors (Lipinski definition) is 1. The number of unbranched alkanes of at least 4 members (excludes halogenated alkanes) is 2. The average molecular weight is 275 g/mol. The van der Waals surface area contributed by atoms with Crippen LogP contribution in [0.3, 0.4) is 0 Å². The SMILES string of the molecule is CCCCCC(CN)C(=O)OC1CCc2ccccc21. The normalized spacial score (nSPS) is 18.6. The molecule has 0 saturated heterocycles. The number of carbonyl (C=O) groups is 1. The van der Waals surface area contributed by atoms with E-state index in [0.717, 1.165) is 38.5 Å². The topological polar surface area (TPSA) is 52.3 Å². The summed E-state index contributed by atoms with van der Waals surface area (Å²) in [7, 11) is 0. The smallest absolute Gasteiger partial charge is 0.310 e. The molecule has 1 aromatic rings. The van der Waals surface area contributed by atoms with Crippen LogP contribution < -0.4 is 5.73 Å². The maximum atomic E-state index is 12.2. The van der Waals surface area contributed by atoms with E-state index in [4.69, 9.17) is 10.5 Å². The van der Waals surface area contributed by atoms with Crippen molar-refractivity contribution in [1.29, 1.82) is 0 Å². The molecule has 0 radical (unpaired) electrons. The Morgan fingerprint density at radius 1 is 1.40 bits per heavy atom. The second-order valence-corrected chi connectivity index (χ2v) is 5.59. The number of aryl methyl sites for hydroxylation is 1. The zero-order valence-corrected chi connectivity index (χ0v) is 12.3. The van der Waals surface area contributed by atoms with E-state index >= 15 is 0 Å². The fraction of sp³-hybridized carbons (Fsp3) is 0.588. The van der Waals surface area contributed by atoms with E-state index in [2.05, 4.69) is 19.1 Å². The zero-order valence-electron chi connectivity index (χ0n) is 12.3. The Labute approximate surface area is 121 Å². The van der Waals surface area contributed by atoms with Gasteiger partial charge in [0.25, 0.3) is 0 Å². The van der Waals surface area contributed by atoms with Gasteiger partial charge in [-0.25, -0.2) is 0 Å². The summed E-state index contributed by atoms with van der Waals surface area (Å²) in [5.41, 5.74) is 8.20. The lowest BCUT2D eigenvalue weighted by atomic mass is 10.0. The van der Waals surface area contributed by atoms with Gasteiger partial charge in [-0.1, -0.05) is 50.5 Å². The standard InChI is InChI=1S/C17H25NO2/c1-2-3-4-8-14(12-18)17(19)20-16-11-10-13-7-5-6-9-15(13)16/h5-7,9,14,16H,2-4,8,10-12,18H2,1H3. The molecule has 2 rings (SSSR count). The molecule has 110 valence electrons. The molecular weight excluding hydrogens is 250 g/mol. The first-order valence-electron chi connectivity index (χ1n) is 7.74. The van der Waals surface area contributed by atoms with Gasteiger partial charge in [-0.05, 0) is 30.4 Å². The molecule has 2 N–H and O–H groups in total. The van der Waals surface area contributed by atoms with E-state index in [1.807, 2.05) is 12.1 Å². The van der Waals surface area contributed by atoms with Crippen molar-refractivity contribution in [3.05, 3.63) is 35.4 Å². The van der Waals surface area contributed by atoms with E-state index in [9.17, 15) is 4.79 Å². The Balaban J connectivity index is 1.91. The lowest BCUT2D eigenvalue weighted by Gasteiger charge is -2.18. The van der Waals surface area contributed by atoms with Gasteiger partial charge < -0.3 is 10.5 Å². The maximum Gasteiger partial charge on any atom is 0.310 e. The molecule has 3 nitrogen and oxygen atoms in total. The van der Waals surface area contributed by atoms with Crippen molar-refractivity contribution in [3.8, 4) is 0 Å². The summed E-state index contributed by atoms with van der Waals surface area (Å²) in [4.78, 5) is 12.2. The summed E-state index contributed by atoms with van der Waals surface area (Å²) in [6.07, 6.45) is 6.03. The summed E-state index contributed by atoms with van der Waals surface area (Å²) in [6, 6.07) is 8.22. The number of rotatable bonds is 7. The van der Waals surface area contributed by atoms with E-state index < -0.39 is 0 Å². The van der Waals surface area contributed by atoms with Gasteiger partial charge in [0.05, 0.1) is 5.92 Å². The molecule has 0 amide bonds. The van der Waals surface area contributed by atoms with Crippen LogP contribution in [-0.2, 0) is 16.0 Å². The summed E-state index contributed by atoms with van der Waals surface area (Å²) < 4.78 is 5.70.